The Morgan fingerprint density at radius 1 is 1.00 bits per heavy atom. The number of Topliss-reactive ketones (excluding diaryl/α,β-unsaturated/α-hetero) is 1. The molecule has 1 atom stereocenters. The minimum absolute atomic E-state index is 0.0411. The third-order valence-electron chi connectivity index (χ3n) is 5.27. The summed E-state index contributed by atoms with van der Waals surface area (Å²) in [5.41, 5.74) is 1.50. The van der Waals surface area contributed by atoms with Crippen LogP contribution in [-0.2, 0) is 9.59 Å². The van der Waals surface area contributed by atoms with Gasteiger partial charge in [0, 0.05) is 24.0 Å². The first kappa shape index (κ1) is 16.5. The average Bonchev–Trinajstić information content (AvgIpc) is 3.30. The number of amides is 1. The van der Waals surface area contributed by atoms with Crippen LogP contribution in [0.25, 0.3) is 5.76 Å². The molecule has 5 nitrogen and oxygen atoms in total. The second-order valence-corrected chi connectivity index (χ2v) is 6.79. The van der Waals surface area contributed by atoms with Crippen LogP contribution >= 0.6 is 0 Å². The molecule has 1 aromatic carbocycles. The van der Waals surface area contributed by atoms with Crippen molar-refractivity contribution in [2.75, 3.05) is 0 Å². The van der Waals surface area contributed by atoms with Gasteiger partial charge in [-0.2, -0.15) is 0 Å². The van der Waals surface area contributed by atoms with Crippen LogP contribution in [0.5, 0.6) is 0 Å². The number of nitrogens with zero attached hydrogens (tertiary/aromatic N) is 2. The average molecular weight is 348 g/mol. The Balaban J connectivity index is 1.88. The first-order chi connectivity index (χ1) is 12.7. The number of ketones is 1. The SMILES string of the molecule is O=C1C(=O)N(C2CCCC2)C(c2ccccc2)/C1=C(/O)c1ccncc1. The molecule has 1 N–H and O–H groups in total. The maximum atomic E-state index is 12.8. The summed E-state index contributed by atoms with van der Waals surface area (Å²) in [7, 11) is 0. The molecule has 2 heterocycles. The normalized spacial score (nSPS) is 22.9. The van der Waals surface area contributed by atoms with E-state index in [4.69, 9.17) is 0 Å². The van der Waals surface area contributed by atoms with Gasteiger partial charge in [-0.3, -0.25) is 14.6 Å². The van der Waals surface area contributed by atoms with Crippen molar-refractivity contribution < 1.29 is 14.7 Å². The predicted molar refractivity (Wildman–Crippen MR) is 97.1 cm³/mol. The maximum absolute atomic E-state index is 12.8. The molecule has 5 heteroatoms. The number of hydrogen-bond donors (Lipinski definition) is 1. The molecular formula is C21H20N2O3. The topological polar surface area (TPSA) is 70.5 Å². The number of benzene rings is 1. The standard InChI is InChI=1S/C21H20N2O3/c24-19(15-10-12-22-13-11-15)17-18(14-6-2-1-3-7-14)23(21(26)20(17)25)16-8-4-5-9-16/h1-3,6-7,10-13,16,18,24H,4-5,8-9H2/b19-17-. The molecule has 1 saturated carbocycles. The Morgan fingerprint density at radius 2 is 1.65 bits per heavy atom. The molecule has 1 aliphatic heterocycles. The van der Waals surface area contributed by atoms with E-state index in [2.05, 4.69) is 4.98 Å². The van der Waals surface area contributed by atoms with E-state index < -0.39 is 17.7 Å². The van der Waals surface area contributed by atoms with Gasteiger partial charge in [0.15, 0.2) is 0 Å². The fraction of sp³-hybridized carbons (Fsp3) is 0.286. The summed E-state index contributed by atoms with van der Waals surface area (Å²) in [6.45, 7) is 0. The largest absolute Gasteiger partial charge is 0.507 e. The van der Waals surface area contributed by atoms with Gasteiger partial charge in [-0.1, -0.05) is 43.2 Å². The van der Waals surface area contributed by atoms with Gasteiger partial charge in [0.2, 0.25) is 0 Å². The van der Waals surface area contributed by atoms with E-state index in [-0.39, 0.29) is 17.4 Å². The molecule has 2 fully saturated rings. The Labute approximate surface area is 152 Å². The maximum Gasteiger partial charge on any atom is 0.295 e. The van der Waals surface area contributed by atoms with E-state index in [9.17, 15) is 14.7 Å². The van der Waals surface area contributed by atoms with Crippen LogP contribution in [0.3, 0.4) is 0 Å². The van der Waals surface area contributed by atoms with Crippen LogP contribution in [0.4, 0.5) is 0 Å². The number of aliphatic hydroxyl groups excluding tert-OH is 1. The smallest absolute Gasteiger partial charge is 0.295 e. The lowest BCUT2D eigenvalue weighted by Crippen LogP contribution is -2.37. The van der Waals surface area contributed by atoms with E-state index in [0.717, 1.165) is 31.2 Å². The van der Waals surface area contributed by atoms with Crippen molar-refractivity contribution in [1.29, 1.82) is 0 Å². The van der Waals surface area contributed by atoms with Crippen molar-refractivity contribution in [3.8, 4) is 0 Å². The molecule has 4 rings (SSSR count). The third kappa shape index (κ3) is 2.69. The Bertz CT molecular complexity index is 855. The van der Waals surface area contributed by atoms with Crippen LogP contribution in [0, 0.1) is 0 Å². The first-order valence-electron chi connectivity index (χ1n) is 8.94. The number of likely N-dealkylation sites (tertiary alicyclic amines) is 1. The molecule has 2 aliphatic rings. The molecular weight excluding hydrogens is 328 g/mol. The third-order valence-corrected chi connectivity index (χ3v) is 5.27. The van der Waals surface area contributed by atoms with Gasteiger partial charge in [-0.15, -0.1) is 0 Å². The predicted octanol–water partition coefficient (Wildman–Crippen LogP) is 3.45. The summed E-state index contributed by atoms with van der Waals surface area (Å²) >= 11 is 0. The van der Waals surface area contributed by atoms with E-state index >= 15 is 0 Å². The molecule has 0 spiro atoms. The van der Waals surface area contributed by atoms with Crippen molar-refractivity contribution in [2.45, 2.75) is 37.8 Å². The molecule has 2 aromatic rings. The van der Waals surface area contributed by atoms with Gasteiger partial charge < -0.3 is 10.0 Å². The lowest BCUT2D eigenvalue weighted by molar-refractivity contribution is -0.141. The Hall–Kier alpha value is -2.95. The molecule has 1 saturated heterocycles. The number of carbonyl (C=O) groups is 2. The van der Waals surface area contributed by atoms with Crippen LogP contribution in [-0.4, -0.2) is 32.7 Å². The van der Waals surface area contributed by atoms with Crippen LogP contribution in [0.15, 0.2) is 60.4 Å². The number of carbonyl (C=O) groups excluding carboxylic acids is 2. The van der Waals surface area contributed by atoms with Crippen molar-refractivity contribution >= 4 is 17.4 Å². The molecule has 132 valence electrons. The minimum atomic E-state index is -0.611. The highest BCUT2D eigenvalue weighted by Crippen LogP contribution is 2.43. The summed E-state index contributed by atoms with van der Waals surface area (Å²) in [5, 5.41) is 10.9. The molecule has 0 bridgehead atoms. The second-order valence-electron chi connectivity index (χ2n) is 6.79. The summed E-state index contributed by atoms with van der Waals surface area (Å²) < 4.78 is 0. The van der Waals surface area contributed by atoms with Crippen molar-refractivity contribution in [3.63, 3.8) is 0 Å². The van der Waals surface area contributed by atoms with E-state index in [1.165, 1.54) is 0 Å². The second kappa shape index (κ2) is 6.75. The van der Waals surface area contributed by atoms with Gasteiger partial charge in [-0.25, -0.2) is 0 Å². The molecule has 26 heavy (non-hydrogen) atoms. The molecule has 1 aliphatic carbocycles. The number of aromatic nitrogens is 1. The lowest BCUT2D eigenvalue weighted by atomic mass is 9.95. The van der Waals surface area contributed by atoms with E-state index in [1.54, 1.807) is 29.4 Å². The van der Waals surface area contributed by atoms with Gasteiger partial charge >= 0.3 is 0 Å². The van der Waals surface area contributed by atoms with Crippen LogP contribution in [0.2, 0.25) is 0 Å². The zero-order valence-corrected chi connectivity index (χ0v) is 14.3. The van der Waals surface area contributed by atoms with E-state index in [1.807, 2.05) is 30.3 Å². The van der Waals surface area contributed by atoms with Gasteiger partial charge in [0.05, 0.1) is 11.6 Å². The quantitative estimate of drug-likeness (QED) is 0.524. The monoisotopic (exact) mass is 348 g/mol. The van der Waals surface area contributed by atoms with Gasteiger partial charge in [0.25, 0.3) is 11.7 Å². The highest BCUT2D eigenvalue weighted by molar-refractivity contribution is 6.46. The number of hydrogen-bond acceptors (Lipinski definition) is 4. The lowest BCUT2D eigenvalue weighted by Gasteiger charge is -2.30. The van der Waals surface area contributed by atoms with Crippen LogP contribution < -0.4 is 0 Å². The number of aliphatic hydroxyl groups is 1. The molecule has 1 unspecified atom stereocenters. The zero-order chi connectivity index (χ0) is 18.1. The highest BCUT2D eigenvalue weighted by atomic mass is 16.3. The molecule has 0 radical (unpaired) electrons. The summed E-state index contributed by atoms with van der Waals surface area (Å²) in [6.07, 6.45) is 7.01. The Morgan fingerprint density at radius 3 is 2.31 bits per heavy atom. The molecule has 1 amide bonds. The van der Waals surface area contributed by atoms with Crippen molar-refractivity contribution in [1.82, 2.24) is 9.88 Å². The summed E-state index contributed by atoms with van der Waals surface area (Å²) in [6, 6.07) is 12.2. The minimum Gasteiger partial charge on any atom is -0.507 e. The van der Waals surface area contributed by atoms with Crippen molar-refractivity contribution in [3.05, 3.63) is 71.6 Å². The number of rotatable bonds is 3. The Kier molecular flexibility index (Phi) is 4.29. The van der Waals surface area contributed by atoms with Crippen LogP contribution in [0.1, 0.15) is 42.9 Å². The van der Waals surface area contributed by atoms with Gasteiger partial charge in [0.1, 0.15) is 5.76 Å². The summed E-state index contributed by atoms with van der Waals surface area (Å²) in [4.78, 5) is 31.3. The van der Waals surface area contributed by atoms with Crippen molar-refractivity contribution in [2.24, 2.45) is 0 Å². The van der Waals surface area contributed by atoms with E-state index in [0.29, 0.717) is 5.56 Å². The molecule has 1 aromatic heterocycles. The summed E-state index contributed by atoms with van der Waals surface area (Å²) in [5.74, 6) is -1.26. The fourth-order valence-corrected chi connectivity index (χ4v) is 4.04. The highest BCUT2D eigenvalue weighted by Gasteiger charge is 2.49. The fourth-order valence-electron chi connectivity index (χ4n) is 4.04. The zero-order valence-electron chi connectivity index (χ0n) is 14.3. The number of pyridine rings is 1. The van der Waals surface area contributed by atoms with Gasteiger partial charge in [-0.05, 0) is 30.5 Å². The first-order valence-corrected chi connectivity index (χ1v) is 8.94.